The van der Waals surface area contributed by atoms with Gasteiger partial charge in [0.1, 0.15) is 5.75 Å². The number of rotatable bonds is 5. The van der Waals surface area contributed by atoms with Crippen LogP contribution in [0.1, 0.15) is 56.3 Å². The summed E-state index contributed by atoms with van der Waals surface area (Å²) in [5, 5.41) is 3.05. The van der Waals surface area contributed by atoms with Crippen LogP contribution < -0.4 is 10.1 Å². The lowest BCUT2D eigenvalue weighted by atomic mass is 9.89. The summed E-state index contributed by atoms with van der Waals surface area (Å²) in [5.41, 5.74) is 0.705. The van der Waals surface area contributed by atoms with Crippen molar-refractivity contribution in [2.75, 3.05) is 6.54 Å². The molecule has 0 unspecified atom stereocenters. The predicted octanol–water partition coefficient (Wildman–Crippen LogP) is 3.78. The molecular weight excluding hydrogens is 250 g/mol. The maximum atomic E-state index is 12.1. The molecule has 2 rings (SSSR count). The van der Waals surface area contributed by atoms with E-state index in [1.165, 1.54) is 32.1 Å². The maximum absolute atomic E-state index is 12.1. The van der Waals surface area contributed by atoms with E-state index in [0.29, 0.717) is 11.5 Å². The van der Waals surface area contributed by atoms with Gasteiger partial charge in [-0.3, -0.25) is 4.79 Å². The highest BCUT2D eigenvalue weighted by molar-refractivity contribution is 5.94. The average molecular weight is 275 g/mol. The van der Waals surface area contributed by atoms with Gasteiger partial charge in [-0.15, -0.1) is 0 Å². The number of carbonyl (C=O) groups excluding carboxylic acids is 1. The van der Waals surface area contributed by atoms with E-state index in [1.54, 1.807) is 0 Å². The predicted molar refractivity (Wildman–Crippen MR) is 81.1 cm³/mol. The highest BCUT2D eigenvalue weighted by Crippen LogP contribution is 2.22. The fraction of sp³-hybridized carbons (Fsp3) is 0.588. The van der Waals surface area contributed by atoms with Gasteiger partial charge in [-0.2, -0.15) is 0 Å². The van der Waals surface area contributed by atoms with Crippen molar-refractivity contribution in [3.63, 3.8) is 0 Å². The monoisotopic (exact) mass is 275 g/mol. The molecule has 20 heavy (non-hydrogen) atoms. The molecule has 1 amide bonds. The van der Waals surface area contributed by atoms with Crippen molar-refractivity contribution in [1.82, 2.24) is 5.32 Å². The first-order valence-electron chi connectivity index (χ1n) is 7.70. The summed E-state index contributed by atoms with van der Waals surface area (Å²) in [6.45, 7) is 4.79. The maximum Gasteiger partial charge on any atom is 0.251 e. The summed E-state index contributed by atoms with van der Waals surface area (Å²) in [6.07, 6.45) is 6.62. The van der Waals surface area contributed by atoms with Crippen LogP contribution in [0, 0.1) is 5.92 Å². The zero-order chi connectivity index (χ0) is 14.4. The Morgan fingerprint density at radius 3 is 2.45 bits per heavy atom. The third-order valence-corrected chi connectivity index (χ3v) is 3.76. The first-order valence-corrected chi connectivity index (χ1v) is 7.70. The summed E-state index contributed by atoms with van der Waals surface area (Å²) < 4.78 is 5.57. The summed E-state index contributed by atoms with van der Waals surface area (Å²) in [4.78, 5) is 12.1. The Balaban J connectivity index is 1.82. The molecule has 0 radical (unpaired) electrons. The number of hydrogen-bond donors (Lipinski definition) is 1. The van der Waals surface area contributed by atoms with Crippen LogP contribution in [0.15, 0.2) is 24.3 Å². The van der Waals surface area contributed by atoms with Crippen molar-refractivity contribution < 1.29 is 9.53 Å². The van der Waals surface area contributed by atoms with Gasteiger partial charge in [-0.05, 0) is 56.9 Å². The molecule has 3 heteroatoms. The first kappa shape index (κ1) is 14.9. The molecular formula is C17H25NO2. The highest BCUT2D eigenvalue weighted by atomic mass is 16.5. The van der Waals surface area contributed by atoms with Crippen molar-refractivity contribution in [3.05, 3.63) is 29.8 Å². The zero-order valence-electron chi connectivity index (χ0n) is 12.5. The van der Waals surface area contributed by atoms with Gasteiger partial charge in [0.25, 0.3) is 5.91 Å². The lowest BCUT2D eigenvalue weighted by molar-refractivity contribution is 0.0943. The lowest BCUT2D eigenvalue weighted by Gasteiger charge is -2.21. The standard InChI is InChI=1S/C17H25NO2/c1-13(2)20-16-10-8-15(9-11-16)17(19)18-12-14-6-4-3-5-7-14/h8-11,13-14H,3-7,12H2,1-2H3,(H,18,19). The number of carbonyl (C=O) groups is 1. The van der Waals surface area contributed by atoms with Gasteiger partial charge in [-0.1, -0.05) is 19.3 Å². The molecule has 1 aliphatic carbocycles. The molecule has 3 nitrogen and oxygen atoms in total. The van der Waals surface area contributed by atoms with Gasteiger partial charge >= 0.3 is 0 Å². The van der Waals surface area contributed by atoms with Gasteiger partial charge in [-0.25, -0.2) is 0 Å². The Hall–Kier alpha value is -1.51. The van der Waals surface area contributed by atoms with Crippen LogP contribution in [0.5, 0.6) is 5.75 Å². The van der Waals surface area contributed by atoms with E-state index in [2.05, 4.69) is 5.32 Å². The Kier molecular flexibility index (Phi) is 5.45. The fourth-order valence-corrected chi connectivity index (χ4v) is 2.69. The molecule has 1 N–H and O–H groups in total. The number of hydrogen-bond acceptors (Lipinski definition) is 2. The molecule has 0 spiro atoms. The van der Waals surface area contributed by atoms with Crippen molar-refractivity contribution in [2.24, 2.45) is 5.92 Å². The normalized spacial score (nSPS) is 16.1. The number of amides is 1. The van der Waals surface area contributed by atoms with Crippen LogP contribution in [0.4, 0.5) is 0 Å². The van der Waals surface area contributed by atoms with Crippen LogP contribution >= 0.6 is 0 Å². The number of nitrogens with one attached hydrogen (secondary N) is 1. The Morgan fingerprint density at radius 2 is 1.85 bits per heavy atom. The quantitative estimate of drug-likeness (QED) is 0.888. The summed E-state index contributed by atoms with van der Waals surface area (Å²) in [7, 11) is 0. The van der Waals surface area contributed by atoms with Gasteiger partial charge in [0.2, 0.25) is 0 Å². The van der Waals surface area contributed by atoms with Crippen LogP contribution in [0.2, 0.25) is 0 Å². The van der Waals surface area contributed by atoms with E-state index < -0.39 is 0 Å². The third-order valence-electron chi connectivity index (χ3n) is 3.76. The lowest BCUT2D eigenvalue weighted by Crippen LogP contribution is -2.30. The molecule has 1 aromatic carbocycles. The van der Waals surface area contributed by atoms with Crippen LogP contribution in [0.25, 0.3) is 0 Å². The van der Waals surface area contributed by atoms with E-state index in [-0.39, 0.29) is 12.0 Å². The third kappa shape index (κ3) is 4.55. The van der Waals surface area contributed by atoms with Gasteiger partial charge in [0.05, 0.1) is 6.10 Å². The van der Waals surface area contributed by atoms with E-state index in [4.69, 9.17) is 4.74 Å². The molecule has 0 heterocycles. The van der Waals surface area contributed by atoms with Crippen molar-refractivity contribution in [2.45, 2.75) is 52.1 Å². The van der Waals surface area contributed by atoms with Crippen LogP contribution in [-0.4, -0.2) is 18.6 Å². The number of ether oxygens (including phenoxy) is 1. The molecule has 1 aliphatic rings. The Bertz CT molecular complexity index is 419. The number of benzene rings is 1. The first-order chi connectivity index (χ1) is 9.65. The molecule has 0 aliphatic heterocycles. The summed E-state index contributed by atoms with van der Waals surface area (Å²) >= 11 is 0. The minimum Gasteiger partial charge on any atom is -0.491 e. The Labute approximate surface area is 121 Å². The summed E-state index contributed by atoms with van der Waals surface area (Å²) in [6, 6.07) is 7.37. The van der Waals surface area contributed by atoms with Gasteiger partial charge in [0.15, 0.2) is 0 Å². The molecule has 1 aromatic rings. The highest BCUT2D eigenvalue weighted by Gasteiger charge is 2.14. The minimum atomic E-state index is 0.0201. The van der Waals surface area contributed by atoms with E-state index >= 15 is 0 Å². The molecule has 1 saturated carbocycles. The second kappa shape index (κ2) is 7.32. The topological polar surface area (TPSA) is 38.3 Å². The average Bonchev–Trinajstić information content (AvgIpc) is 2.46. The largest absolute Gasteiger partial charge is 0.491 e. The van der Waals surface area contributed by atoms with Crippen LogP contribution in [0.3, 0.4) is 0 Å². The van der Waals surface area contributed by atoms with Crippen molar-refractivity contribution >= 4 is 5.91 Å². The molecule has 1 fully saturated rings. The molecule has 0 aromatic heterocycles. The zero-order valence-corrected chi connectivity index (χ0v) is 12.5. The van der Waals surface area contributed by atoms with E-state index in [9.17, 15) is 4.79 Å². The second-order valence-electron chi connectivity index (χ2n) is 5.91. The Morgan fingerprint density at radius 1 is 1.20 bits per heavy atom. The van der Waals surface area contributed by atoms with E-state index in [1.807, 2.05) is 38.1 Å². The fourth-order valence-electron chi connectivity index (χ4n) is 2.69. The van der Waals surface area contributed by atoms with E-state index in [0.717, 1.165) is 12.3 Å². The molecule has 0 bridgehead atoms. The molecule has 110 valence electrons. The van der Waals surface area contributed by atoms with Gasteiger partial charge in [0, 0.05) is 12.1 Å². The van der Waals surface area contributed by atoms with Gasteiger partial charge < -0.3 is 10.1 Å². The van der Waals surface area contributed by atoms with Crippen LogP contribution in [-0.2, 0) is 0 Å². The van der Waals surface area contributed by atoms with Crippen molar-refractivity contribution in [3.8, 4) is 5.75 Å². The summed E-state index contributed by atoms with van der Waals surface area (Å²) in [5.74, 6) is 1.49. The minimum absolute atomic E-state index is 0.0201. The molecule has 0 atom stereocenters. The smallest absolute Gasteiger partial charge is 0.251 e. The SMILES string of the molecule is CC(C)Oc1ccc(C(=O)NCC2CCCCC2)cc1. The second-order valence-corrected chi connectivity index (χ2v) is 5.91. The van der Waals surface area contributed by atoms with Crippen molar-refractivity contribution in [1.29, 1.82) is 0 Å². The molecule has 0 saturated heterocycles.